The van der Waals surface area contributed by atoms with Crippen LogP contribution in [0.5, 0.6) is 0 Å². The van der Waals surface area contributed by atoms with Crippen molar-refractivity contribution in [3.8, 4) is 0 Å². The van der Waals surface area contributed by atoms with E-state index < -0.39 is 0 Å². The molecule has 0 unspecified atom stereocenters. The van der Waals surface area contributed by atoms with E-state index in [9.17, 15) is 9.59 Å². The van der Waals surface area contributed by atoms with Gasteiger partial charge in [-0.2, -0.15) is 0 Å². The molecule has 1 amide bonds. The number of rotatable bonds is 3. The Labute approximate surface area is 108 Å². The number of hydrogen-bond acceptors (Lipinski definition) is 4. The van der Waals surface area contributed by atoms with Crippen LogP contribution in [0.1, 0.15) is 20.9 Å². The molecule has 6 heteroatoms. The number of hydrogen-bond donors (Lipinski definition) is 1. The molecule has 94 valence electrons. The maximum Gasteiger partial charge on any atom is 0.307 e. The van der Waals surface area contributed by atoms with Crippen molar-refractivity contribution >= 4 is 17.2 Å². The van der Waals surface area contributed by atoms with Gasteiger partial charge < -0.3 is 9.88 Å². The van der Waals surface area contributed by atoms with Gasteiger partial charge in [0.05, 0.1) is 0 Å². The van der Waals surface area contributed by atoms with E-state index in [0.717, 1.165) is 16.9 Å². The summed E-state index contributed by atoms with van der Waals surface area (Å²) >= 11 is 0.964. The van der Waals surface area contributed by atoms with Gasteiger partial charge in [-0.25, -0.2) is 0 Å². The molecular weight excluding hydrogens is 250 g/mol. The smallest absolute Gasteiger partial charge is 0.307 e. The summed E-state index contributed by atoms with van der Waals surface area (Å²) in [7, 11) is 1.66. The lowest BCUT2D eigenvalue weighted by Crippen LogP contribution is -2.22. The molecule has 1 N–H and O–H groups in total. The van der Waals surface area contributed by atoms with E-state index in [4.69, 9.17) is 0 Å². The number of carbonyl (C=O) groups is 1. The second-order valence-electron chi connectivity index (χ2n) is 3.89. The lowest BCUT2D eigenvalue weighted by molar-refractivity contribution is 0.0954. The quantitative estimate of drug-likeness (QED) is 0.901. The summed E-state index contributed by atoms with van der Waals surface area (Å²) in [5.74, 6) is -0.223. The SMILES string of the molecule is Cc1c(C(=O)NCc2cccnc2)sc(=O)n1C. The van der Waals surface area contributed by atoms with Gasteiger partial charge in [-0.05, 0) is 18.6 Å². The van der Waals surface area contributed by atoms with Crippen LogP contribution < -0.4 is 10.2 Å². The van der Waals surface area contributed by atoms with Crippen LogP contribution in [0.4, 0.5) is 0 Å². The molecule has 18 heavy (non-hydrogen) atoms. The molecule has 0 bridgehead atoms. The average molecular weight is 263 g/mol. The van der Waals surface area contributed by atoms with E-state index in [-0.39, 0.29) is 10.8 Å². The second kappa shape index (κ2) is 5.14. The zero-order chi connectivity index (χ0) is 13.1. The monoisotopic (exact) mass is 263 g/mol. The molecule has 0 fully saturated rings. The summed E-state index contributed by atoms with van der Waals surface area (Å²) in [5, 5.41) is 2.78. The Balaban J connectivity index is 2.09. The molecule has 0 saturated heterocycles. The van der Waals surface area contributed by atoms with Crippen molar-refractivity contribution in [2.75, 3.05) is 0 Å². The minimum absolute atomic E-state index is 0.126. The summed E-state index contributed by atoms with van der Waals surface area (Å²) in [6.45, 7) is 2.17. The Morgan fingerprint density at radius 3 is 2.89 bits per heavy atom. The third-order valence-electron chi connectivity index (χ3n) is 2.68. The number of nitrogens with one attached hydrogen (secondary N) is 1. The Bertz CT molecular complexity index is 616. The fraction of sp³-hybridized carbons (Fsp3) is 0.250. The van der Waals surface area contributed by atoms with Gasteiger partial charge in [0.1, 0.15) is 4.88 Å². The number of pyridine rings is 1. The first kappa shape index (κ1) is 12.5. The zero-order valence-corrected chi connectivity index (χ0v) is 11.0. The molecular formula is C12H13N3O2S. The van der Waals surface area contributed by atoms with Crippen LogP contribution in [0, 0.1) is 6.92 Å². The normalized spacial score (nSPS) is 10.3. The van der Waals surface area contributed by atoms with Crippen molar-refractivity contribution in [1.82, 2.24) is 14.9 Å². The third-order valence-corrected chi connectivity index (χ3v) is 3.81. The summed E-state index contributed by atoms with van der Waals surface area (Å²) in [5.41, 5.74) is 1.61. The van der Waals surface area contributed by atoms with Gasteiger partial charge in [-0.1, -0.05) is 17.4 Å². The minimum Gasteiger partial charge on any atom is -0.347 e. The van der Waals surface area contributed by atoms with Gasteiger partial charge in [-0.3, -0.25) is 14.6 Å². The largest absolute Gasteiger partial charge is 0.347 e. The first-order valence-electron chi connectivity index (χ1n) is 5.43. The Morgan fingerprint density at radius 2 is 2.33 bits per heavy atom. The number of nitrogens with zero attached hydrogens (tertiary/aromatic N) is 2. The van der Waals surface area contributed by atoms with Crippen LogP contribution in [0.25, 0.3) is 0 Å². The molecule has 2 heterocycles. The predicted octanol–water partition coefficient (Wildman–Crippen LogP) is 1.08. The van der Waals surface area contributed by atoms with E-state index in [2.05, 4.69) is 10.3 Å². The van der Waals surface area contributed by atoms with Crippen molar-refractivity contribution in [3.63, 3.8) is 0 Å². The fourth-order valence-corrected chi connectivity index (χ4v) is 2.39. The van der Waals surface area contributed by atoms with Gasteiger partial charge in [0.2, 0.25) is 0 Å². The molecule has 0 aliphatic heterocycles. The van der Waals surface area contributed by atoms with Crippen LogP contribution in [0.15, 0.2) is 29.3 Å². The molecule has 2 aromatic rings. The van der Waals surface area contributed by atoms with Gasteiger partial charge in [-0.15, -0.1) is 0 Å². The highest BCUT2D eigenvalue weighted by Gasteiger charge is 2.15. The molecule has 0 aliphatic carbocycles. The number of thiazole rings is 1. The molecule has 0 atom stereocenters. The zero-order valence-electron chi connectivity index (χ0n) is 10.1. The van der Waals surface area contributed by atoms with Crippen molar-refractivity contribution < 1.29 is 4.79 Å². The van der Waals surface area contributed by atoms with Gasteiger partial charge >= 0.3 is 4.87 Å². The van der Waals surface area contributed by atoms with Crippen LogP contribution in [-0.4, -0.2) is 15.5 Å². The Hall–Kier alpha value is -1.95. The highest BCUT2D eigenvalue weighted by atomic mass is 32.1. The maximum absolute atomic E-state index is 11.9. The summed E-state index contributed by atoms with van der Waals surface area (Å²) in [6, 6.07) is 3.70. The van der Waals surface area contributed by atoms with Gasteiger partial charge in [0.15, 0.2) is 0 Å². The van der Waals surface area contributed by atoms with Crippen molar-refractivity contribution in [2.45, 2.75) is 13.5 Å². The number of amides is 1. The average Bonchev–Trinajstić information content (AvgIpc) is 2.65. The molecule has 2 aromatic heterocycles. The summed E-state index contributed by atoms with van der Waals surface area (Å²) < 4.78 is 1.48. The van der Waals surface area contributed by atoms with Crippen LogP contribution in [0.3, 0.4) is 0 Å². The second-order valence-corrected chi connectivity index (χ2v) is 4.85. The number of aromatic nitrogens is 2. The van der Waals surface area contributed by atoms with Gasteiger partial charge in [0.25, 0.3) is 5.91 Å². The highest BCUT2D eigenvalue weighted by Crippen LogP contribution is 2.10. The van der Waals surface area contributed by atoms with Crippen LogP contribution in [0.2, 0.25) is 0 Å². The highest BCUT2D eigenvalue weighted by molar-refractivity contribution is 7.11. The Kier molecular flexibility index (Phi) is 3.57. The van der Waals surface area contributed by atoms with Crippen molar-refractivity contribution in [3.05, 3.63) is 50.3 Å². The van der Waals surface area contributed by atoms with Crippen molar-refractivity contribution in [1.29, 1.82) is 0 Å². The molecule has 2 rings (SSSR count). The maximum atomic E-state index is 11.9. The van der Waals surface area contributed by atoms with Crippen LogP contribution in [-0.2, 0) is 13.6 Å². The number of carbonyl (C=O) groups excluding carboxylic acids is 1. The predicted molar refractivity (Wildman–Crippen MR) is 69.7 cm³/mol. The molecule has 0 saturated carbocycles. The molecule has 0 spiro atoms. The topological polar surface area (TPSA) is 64.0 Å². The van der Waals surface area contributed by atoms with E-state index in [0.29, 0.717) is 17.1 Å². The van der Waals surface area contributed by atoms with E-state index in [1.54, 1.807) is 26.4 Å². The standard InChI is InChI=1S/C12H13N3O2S/c1-8-10(18-12(17)15(8)2)11(16)14-7-9-4-3-5-13-6-9/h3-6H,7H2,1-2H3,(H,14,16). The van der Waals surface area contributed by atoms with Crippen molar-refractivity contribution in [2.24, 2.45) is 7.05 Å². The third kappa shape index (κ3) is 2.48. The molecule has 0 radical (unpaired) electrons. The lowest BCUT2D eigenvalue weighted by atomic mass is 10.3. The molecule has 0 aromatic carbocycles. The summed E-state index contributed by atoms with van der Waals surface area (Å²) in [6.07, 6.45) is 3.37. The Morgan fingerprint density at radius 1 is 1.56 bits per heavy atom. The first-order valence-corrected chi connectivity index (χ1v) is 6.24. The van der Waals surface area contributed by atoms with E-state index >= 15 is 0 Å². The molecule has 0 aliphatic rings. The van der Waals surface area contributed by atoms with Gasteiger partial charge in [0, 0.05) is 31.7 Å². The van der Waals surface area contributed by atoms with Crippen LogP contribution >= 0.6 is 11.3 Å². The lowest BCUT2D eigenvalue weighted by Gasteiger charge is -2.04. The van der Waals surface area contributed by atoms with E-state index in [1.807, 2.05) is 12.1 Å². The first-order chi connectivity index (χ1) is 8.59. The molecule has 5 nitrogen and oxygen atoms in total. The fourth-order valence-electron chi connectivity index (χ4n) is 1.49. The minimum atomic E-state index is -0.223. The summed E-state index contributed by atoms with van der Waals surface area (Å²) in [4.78, 5) is 27.7. The van der Waals surface area contributed by atoms with E-state index in [1.165, 1.54) is 4.57 Å².